The van der Waals surface area contributed by atoms with Crippen molar-refractivity contribution in [2.45, 2.75) is 18.1 Å². The molecule has 1 aliphatic rings. The number of hydrogen-bond acceptors (Lipinski definition) is 4. The standard InChI is InChI=1S/C12H16N4O2S/c1-9-8-13-6-7-16(9)19(17,18)12-14-10-4-2-3-5-11(10)15-12/h2-5,9,13H,6-8H2,1H3,(H,14,15)/t9-/m0/s1. The number of rotatable bonds is 2. The van der Waals surface area contributed by atoms with Gasteiger partial charge in [-0.2, -0.15) is 4.31 Å². The minimum absolute atomic E-state index is 0.0300. The highest BCUT2D eigenvalue weighted by Gasteiger charge is 2.33. The van der Waals surface area contributed by atoms with E-state index in [-0.39, 0.29) is 11.2 Å². The van der Waals surface area contributed by atoms with Crippen LogP contribution < -0.4 is 5.32 Å². The minimum atomic E-state index is -3.55. The number of piperazine rings is 1. The molecule has 0 aliphatic carbocycles. The van der Waals surface area contributed by atoms with Crippen molar-refractivity contribution >= 4 is 21.1 Å². The third-order valence-corrected chi connectivity index (χ3v) is 5.20. The molecule has 1 aromatic heterocycles. The van der Waals surface area contributed by atoms with Gasteiger partial charge in [0.2, 0.25) is 5.16 Å². The third-order valence-electron chi connectivity index (χ3n) is 3.36. The second-order valence-corrected chi connectivity index (χ2v) is 6.53. The maximum Gasteiger partial charge on any atom is 0.277 e. The van der Waals surface area contributed by atoms with E-state index in [0.717, 1.165) is 5.52 Å². The molecular formula is C12H16N4O2S. The van der Waals surface area contributed by atoms with E-state index < -0.39 is 10.0 Å². The highest BCUT2D eigenvalue weighted by atomic mass is 32.2. The molecule has 0 radical (unpaired) electrons. The van der Waals surface area contributed by atoms with Gasteiger partial charge in [0.15, 0.2) is 0 Å². The number of aromatic nitrogens is 2. The molecule has 0 spiro atoms. The average Bonchev–Trinajstić information content (AvgIpc) is 2.83. The first-order valence-electron chi connectivity index (χ1n) is 6.26. The van der Waals surface area contributed by atoms with E-state index in [0.29, 0.717) is 25.2 Å². The molecule has 0 unspecified atom stereocenters. The Morgan fingerprint density at radius 2 is 2.16 bits per heavy atom. The van der Waals surface area contributed by atoms with E-state index in [2.05, 4.69) is 15.3 Å². The van der Waals surface area contributed by atoms with Crippen LogP contribution >= 0.6 is 0 Å². The van der Waals surface area contributed by atoms with Crippen LogP contribution in [0.25, 0.3) is 11.0 Å². The van der Waals surface area contributed by atoms with Crippen LogP contribution in [0.1, 0.15) is 6.92 Å². The zero-order valence-corrected chi connectivity index (χ0v) is 11.4. The predicted octanol–water partition coefficient (Wildman–Crippen LogP) is 0.545. The van der Waals surface area contributed by atoms with Crippen molar-refractivity contribution in [1.82, 2.24) is 19.6 Å². The Hall–Kier alpha value is -1.44. The molecule has 6 nitrogen and oxygen atoms in total. The Balaban J connectivity index is 2.03. The van der Waals surface area contributed by atoms with Gasteiger partial charge < -0.3 is 10.3 Å². The number of benzene rings is 1. The molecule has 2 aromatic rings. The Morgan fingerprint density at radius 1 is 1.37 bits per heavy atom. The fourth-order valence-corrected chi connectivity index (χ4v) is 3.90. The second kappa shape index (κ2) is 4.59. The third kappa shape index (κ3) is 2.13. The van der Waals surface area contributed by atoms with Gasteiger partial charge in [-0.1, -0.05) is 12.1 Å². The van der Waals surface area contributed by atoms with Gasteiger partial charge in [0.25, 0.3) is 10.0 Å². The number of aromatic amines is 1. The van der Waals surface area contributed by atoms with Crippen molar-refractivity contribution in [1.29, 1.82) is 0 Å². The van der Waals surface area contributed by atoms with E-state index in [4.69, 9.17) is 0 Å². The molecule has 3 rings (SSSR count). The molecule has 1 fully saturated rings. The lowest BCUT2D eigenvalue weighted by atomic mass is 10.3. The fourth-order valence-electron chi connectivity index (χ4n) is 2.34. The van der Waals surface area contributed by atoms with Crippen LogP contribution in [-0.2, 0) is 10.0 Å². The predicted molar refractivity (Wildman–Crippen MR) is 72.3 cm³/mol. The molecule has 0 bridgehead atoms. The molecule has 1 aromatic carbocycles. The summed E-state index contributed by atoms with van der Waals surface area (Å²) in [6, 6.07) is 7.25. The topological polar surface area (TPSA) is 78.1 Å². The van der Waals surface area contributed by atoms with Crippen LogP contribution in [0.5, 0.6) is 0 Å². The smallest absolute Gasteiger partial charge is 0.277 e. The van der Waals surface area contributed by atoms with E-state index >= 15 is 0 Å². The van der Waals surface area contributed by atoms with Gasteiger partial charge in [-0.15, -0.1) is 0 Å². The van der Waals surface area contributed by atoms with Crippen LogP contribution in [0, 0.1) is 0 Å². The Labute approximate surface area is 111 Å². The molecule has 2 heterocycles. The monoisotopic (exact) mass is 280 g/mol. The van der Waals surface area contributed by atoms with Crippen molar-refractivity contribution in [3.05, 3.63) is 24.3 Å². The summed E-state index contributed by atoms with van der Waals surface area (Å²) in [7, 11) is -3.55. The summed E-state index contributed by atoms with van der Waals surface area (Å²) < 4.78 is 26.6. The van der Waals surface area contributed by atoms with E-state index in [1.54, 1.807) is 6.07 Å². The molecule has 102 valence electrons. The first kappa shape index (κ1) is 12.6. The van der Waals surface area contributed by atoms with Crippen molar-refractivity contribution in [3.63, 3.8) is 0 Å². The summed E-state index contributed by atoms with van der Waals surface area (Å²) in [6.07, 6.45) is 0. The molecule has 0 amide bonds. The zero-order chi connectivity index (χ0) is 13.5. The number of para-hydroxylation sites is 2. The molecule has 7 heteroatoms. The van der Waals surface area contributed by atoms with Gasteiger partial charge in [0.05, 0.1) is 11.0 Å². The normalized spacial score (nSPS) is 21.8. The molecule has 19 heavy (non-hydrogen) atoms. The molecule has 1 atom stereocenters. The molecule has 1 aliphatic heterocycles. The summed E-state index contributed by atoms with van der Waals surface area (Å²) in [5.41, 5.74) is 1.41. The Kier molecular flexibility index (Phi) is 3.04. The zero-order valence-electron chi connectivity index (χ0n) is 10.6. The number of H-pyrrole nitrogens is 1. The highest BCUT2D eigenvalue weighted by molar-refractivity contribution is 7.89. The van der Waals surface area contributed by atoms with Crippen molar-refractivity contribution in [2.24, 2.45) is 0 Å². The summed E-state index contributed by atoms with van der Waals surface area (Å²) in [5.74, 6) is 0. The van der Waals surface area contributed by atoms with E-state index in [1.165, 1.54) is 4.31 Å². The quantitative estimate of drug-likeness (QED) is 0.842. The van der Waals surface area contributed by atoms with Crippen LogP contribution in [0.2, 0.25) is 0 Å². The summed E-state index contributed by atoms with van der Waals surface area (Å²) >= 11 is 0. The van der Waals surface area contributed by atoms with Crippen LogP contribution in [0.4, 0.5) is 0 Å². The van der Waals surface area contributed by atoms with Crippen molar-refractivity contribution in [2.75, 3.05) is 19.6 Å². The maximum atomic E-state index is 12.6. The van der Waals surface area contributed by atoms with Crippen LogP contribution in [0.3, 0.4) is 0 Å². The number of sulfonamides is 1. The number of imidazole rings is 1. The number of nitrogens with one attached hydrogen (secondary N) is 2. The number of nitrogens with zero attached hydrogens (tertiary/aromatic N) is 2. The van der Waals surface area contributed by atoms with Crippen LogP contribution in [-0.4, -0.2) is 48.4 Å². The lowest BCUT2D eigenvalue weighted by Gasteiger charge is -2.31. The lowest BCUT2D eigenvalue weighted by molar-refractivity contribution is 0.282. The van der Waals surface area contributed by atoms with Gasteiger partial charge in [0, 0.05) is 25.7 Å². The minimum Gasteiger partial charge on any atom is -0.328 e. The Bertz CT molecular complexity index is 662. The molecule has 0 saturated carbocycles. The summed E-state index contributed by atoms with van der Waals surface area (Å²) in [4.78, 5) is 7.08. The van der Waals surface area contributed by atoms with Gasteiger partial charge in [-0.05, 0) is 19.1 Å². The lowest BCUT2D eigenvalue weighted by Crippen LogP contribution is -2.52. The highest BCUT2D eigenvalue weighted by Crippen LogP contribution is 2.19. The van der Waals surface area contributed by atoms with E-state index in [1.807, 2.05) is 25.1 Å². The summed E-state index contributed by atoms with van der Waals surface area (Å²) in [6.45, 7) is 3.70. The first-order valence-corrected chi connectivity index (χ1v) is 7.70. The van der Waals surface area contributed by atoms with E-state index in [9.17, 15) is 8.42 Å². The largest absolute Gasteiger partial charge is 0.328 e. The number of fused-ring (bicyclic) bond motifs is 1. The molecule has 1 saturated heterocycles. The second-order valence-electron chi connectivity index (χ2n) is 4.73. The average molecular weight is 280 g/mol. The van der Waals surface area contributed by atoms with Crippen molar-refractivity contribution in [3.8, 4) is 0 Å². The first-order chi connectivity index (χ1) is 9.09. The Morgan fingerprint density at radius 3 is 2.89 bits per heavy atom. The van der Waals surface area contributed by atoms with Crippen LogP contribution in [0.15, 0.2) is 29.4 Å². The number of hydrogen-bond donors (Lipinski definition) is 2. The van der Waals surface area contributed by atoms with Gasteiger partial charge in [-0.25, -0.2) is 13.4 Å². The summed E-state index contributed by atoms with van der Waals surface area (Å²) in [5, 5.41) is 3.21. The maximum absolute atomic E-state index is 12.6. The van der Waals surface area contributed by atoms with Gasteiger partial charge in [-0.3, -0.25) is 0 Å². The van der Waals surface area contributed by atoms with Gasteiger partial charge >= 0.3 is 0 Å². The molecule has 2 N–H and O–H groups in total. The molecular weight excluding hydrogens is 264 g/mol. The fraction of sp³-hybridized carbons (Fsp3) is 0.417. The SMILES string of the molecule is C[C@H]1CNCCN1S(=O)(=O)c1nc2ccccc2[nH]1. The van der Waals surface area contributed by atoms with Gasteiger partial charge in [0.1, 0.15) is 0 Å². The van der Waals surface area contributed by atoms with Crippen molar-refractivity contribution < 1.29 is 8.42 Å².